The van der Waals surface area contributed by atoms with Crippen molar-refractivity contribution in [3.05, 3.63) is 53.1 Å². The lowest BCUT2D eigenvalue weighted by atomic mass is 10.0. The Labute approximate surface area is 163 Å². The summed E-state index contributed by atoms with van der Waals surface area (Å²) >= 11 is 1.52. The summed E-state index contributed by atoms with van der Waals surface area (Å²) in [7, 11) is 0. The number of nitrogens with zero attached hydrogens (tertiary/aromatic N) is 1. The predicted molar refractivity (Wildman–Crippen MR) is 110 cm³/mol. The van der Waals surface area contributed by atoms with Crippen molar-refractivity contribution < 1.29 is 13.9 Å². The molecule has 1 aliphatic rings. The van der Waals surface area contributed by atoms with Crippen molar-refractivity contribution >= 4 is 22.7 Å². The van der Waals surface area contributed by atoms with Crippen molar-refractivity contribution in [1.82, 2.24) is 5.32 Å². The summed E-state index contributed by atoms with van der Waals surface area (Å²) in [5.74, 6) is 1.10. The van der Waals surface area contributed by atoms with Gasteiger partial charge >= 0.3 is 5.63 Å². The predicted octanol–water partition coefficient (Wildman–Crippen LogP) is 3.64. The molecule has 2 heterocycles. The molecular weight excluding hydrogens is 364 g/mol. The highest BCUT2D eigenvalue weighted by molar-refractivity contribution is 8.14. The zero-order valence-electron chi connectivity index (χ0n) is 16.0. The molecule has 2 atom stereocenters. The summed E-state index contributed by atoms with van der Waals surface area (Å²) < 4.78 is 10.8. The third-order valence-electron chi connectivity index (χ3n) is 4.05. The smallest absolute Gasteiger partial charge is 0.339 e. The molecule has 1 aromatic rings. The fourth-order valence-corrected chi connectivity index (χ4v) is 3.73. The van der Waals surface area contributed by atoms with E-state index < -0.39 is 17.2 Å². The summed E-state index contributed by atoms with van der Waals surface area (Å²) in [6.45, 7) is 13.4. The normalized spacial score (nSPS) is 19.9. The van der Waals surface area contributed by atoms with Gasteiger partial charge in [0.15, 0.2) is 0 Å². The van der Waals surface area contributed by atoms with Crippen molar-refractivity contribution in [2.45, 2.75) is 45.2 Å². The molecule has 1 aromatic heterocycles. The van der Waals surface area contributed by atoms with Crippen LogP contribution in [0.15, 0.2) is 51.1 Å². The van der Waals surface area contributed by atoms with Crippen molar-refractivity contribution in [2.24, 2.45) is 4.99 Å². The molecule has 2 rings (SSSR count). The number of carbonyl (C=O) groups excluding carboxylic acids is 1. The molecule has 7 heteroatoms. The second kappa shape index (κ2) is 9.08. The van der Waals surface area contributed by atoms with Gasteiger partial charge in [0, 0.05) is 11.8 Å². The Hall–Kier alpha value is -2.28. The van der Waals surface area contributed by atoms with Crippen LogP contribution in [0.3, 0.4) is 0 Å². The summed E-state index contributed by atoms with van der Waals surface area (Å²) in [6.07, 6.45) is 3.02. The Morgan fingerprint density at radius 1 is 1.56 bits per heavy atom. The third kappa shape index (κ3) is 5.35. The van der Waals surface area contributed by atoms with Gasteiger partial charge in [-0.3, -0.25) is 9.79 Å². The molecular formula is C20H26N2O4S. The van der Waals surface area contributed by atoms with E-state index in [0.29, 0.717) is 23.7 Å². The number of hydrogen-bond donors (Lipinski definition) is 1. The molecule has 0 bridgehead atoms. The molecule has 0 fully saturated rings. The molecule has 0 saturated heterocycles. The van der Waals surface area contributed by atoms with Crippen LogP contribution in [0.5, 0.6) is 5.75 Å². The van der Waals surface area contributed by atoms with Crippen LogP contribution < -0.4 is 15.7 Å². The first-order valence-corrected chi connectivity index (χ1v) is 9.86. The highest BCUT2D eigenvalue weighted by atomic mass is 32.2. The SMILES string of the molecule is C=CCOc1cc([C@@H](CCC)NC(=O)C2(C)CSC(C(=C)C)=N2)oc(=O)c1. The highest BCUT2D eigenvalue weighted by Gasteiger charge is 2.39. The maximum atomic E-state index is 12.9. The summed E-state index contributed by atoms with van der Waals surface area (Å²) in [5, 5.41) is 3.79. The van der Waals surface area contributed by atoms with E-state index in [1.165, 1.54) is 17.8 Å². The van der Waals surface area contributed by atoms with E-state index in [1.54, 1.807) is 19.1 Å². The second-order valence-corrected chi connectivity index (χ2v) is 7.65. The molecule has 0 aromatic carbocycles. The van der Waals surface area contributed by atoms with E-state index in [-0.39, 0.29) is 12.5 Å². The fraction of sp³-hybridized carbons (Fsp3) is 0.450. The van der Waals surface area contributed by atoms with Crippen molar-refractivity contribution in [1.29, 1.82) is 0 Å². The zero-order chi connectivity index (χ0) is 20.0. The number of rotatable bonds is 9. The van der Waals surface area contributed by atoms with E-state index in [2.05, 4.69) is 23.5 Å². The average molecular weight is 391 g/mol. The number of ether oxygens (including phenoxy) is 1. The Bertz CT molecular complexity index is 814. The summed E-state index contributed by atoms with van der Waals surface area (Å²) in [5.41, 5.74) is -0.547. The highest BCUT2D eigenvalue weighted by Crippen LogP contribution is 2.32. The van der Waals surface area contributed by atoms with E-state index in [4.69, 9.17) is 9.15 Å². The van der Waals surface area contributed by atoms with Gasteiger partial charge in [0.2, 0.25) is 5.91 Å². The van der Waals surface area contributed by atoms with Crippen LogP contribution in [0.4, 0.5) is 0 Å². The van der Waals surface area contributed by atoms with Crippen molar-refractivity contribution in [2.75, 3.05) is 12.4 Å². The van der Waals surface area contributed by atoms with Crippen LogP contribution in [0.25, 0.3) is 0 Å². The van der Waals surface area contributed by atoms with Gasteiger partial charge in [0.25, 0.3) is 0 Å². The summed E-state index contributed by atoms with van der Waals surface area (Å²) in [6, 6.07) is 2.48. The molecule has 0 saturated carbocycles. The molecule has 0 radical (unpaired) electrons. The van der Waals surface area contributed by atoms with Crippen LogP contribution in [-0.4, -0.2) is 28.8 Å². The molecule has 0 spiro atoms. The number of amides is 1. The number of aliphatic imine (C=N–C) groups is 1. The minimum atomic E-state index is -0.873. The maximum absolute atomic E-state index is 12.9. The molecule has 1 amide bonds. The average Bonchev–Trinajstić information content (AvgIpc) is 3.03. The number of carbonyl (C=O) groups is 1. The molecule has 146 valence electrons. The number of nitrogens with one attached hydrogen (secondary N) is 1. The molecule has 6 nitrogen and oxygen atoms in total. The lowest BCUT2D eigenvalue weighted by Gasteiger charge is -2.24. The Kier molecular flexibility index (Phi) is 7.07. The first kappa shape index (κ1) is 21.0. The van der Waals surface area contributed by atoms with Crippen LogP contribution in [0, 0.1) is 0 Å². The molecule has 0 aliphatic carbocycles. The van der Waals surface area contributed by atoms with Crippen LogP contribution >= 0.6 is 11.8 Å². The molecule has 1 N–H and O–H groups in total. The van der Waals surface area contributed by atoms with Gasteiger partial charge in [-0.15, -0.1) is 11.8 Å². The van der Waals surface area contributed by atoms with Gasteiger partial charge in [-0.05, 0) is 25.8 Å². The van der Waals surface area contributed by atoms with Gasteiger partial charge in [-0.2, -0.15) is 0 Å². The quantitative estimate of drug-likeness (QED) is 0.651. The Morgan fingerprint density at radius 2 is 2.30 bits per heavy atom. The monoisotopic (exact) mass is 390 g/mol. The van der Waals surface area contributed by atoms with Crippen LogP contribution in [0.2, 0.25) is 0 Å². The standard InChI is InChI=1S/C20H26N2O4S/c1-6-8-15(16-10-14(25-9-7-2)11-17(23)26-16)21-19(24)20(5)12-27-18(22-20)13(3)4/h7,10-11,15H,2-3,6,8-9,12H2,1,4-5H3,(H,21,24)/t15-,20?/m1/s1. The first-order chi connectivity index (χ1) is 12.8. The topological polar surface area (TPSA) is 80.9 Å². The number of hydrogen-bond acceptors (Lipinski definition) is 6. The molecule has 1 aliphatic heterocycles. The largest absolute Gasteiger partial charge is 0.489 e. The lowest BCUT2D eigenvalue weighted by molar-refractivity contribution is -0.125. The third-order valence-corrected chi connectivity index (χ3v) is 5.47. The van der Waals surface area contributed by atoms with Crippen LogP contribution in [-0.2, 0) is 4.79 Å². The van der Waals surface area contributed by atoms with E-state index >= 15 is 0 Å². The number of thioether (sulfide) groups is 1. The van der Waals surface area contributed by atoms with Gasteiger partial charge in [0.05, 0.1) is 17.2 Å². The Morgan fingerprint density at radius 3 is 2.89 bits per heavy atom. The van der Waals surface area contributed by atoms with E-state index in [0.717, 1.165) is 17.0 Å². The van der Waals surface area contributed by atoms with E-state index in [9.17, 15) is 9.59 Å². The fourth-order valence-electron chi connectivity index (χ4n) is 2.60. The molecule has 1 unspecified atom stereocenters. The van der Waals surface area contributed by atoms with E-state index in [1.807, 2.05) is 13.8 Å². The van der Waals surface area contributed by atoms with Gasteiger partial charge in [-0.1, -0.05) is 32.6 Å². The van der Waals surface area contributed by atoms with Gasteiger partial charge < -0.3 is 14.5 Å². The van der Waals surface area contributed by atoms with Gasteiger partial charge in [0.1, 0.15) is 23.7 Å². The molecule has 27 heavy (non-hydrogen) atoms. The Balaban J connectivity index is 2.24. The zero-order valence-corrected chi connectivity index (χ0v) is 16.9. The minimum Gasteiger partial charge on any atom is -0.489 e. The van der Waals surface area contributed by atoms with Gasteiger partial charge in [-0.25, -0.2) is 4.79 Å². The van der Waals surface area contributed by atoms with Crippen molar-refractivity contribution in [3.63, 3.8) is 0 Å². The van der Waals surface area contributed by atoms with Crippen LogP contribution in [0.1, 0.15) is 45.4 Å². The first-order valence-electron chi connectivity index (χ1n) is 8.87. The second-order valence-electron chi connectivity index (χ2n) is 6.69. The minimum absolute atomic E-state index is 0.204. The maximum Gasteiger partial charge on any atom is 0.339 e. The lowest BCUT2D eigenvalue weighted by Crippen LogP contribution is -2.45. The summed E-state index contributed by atoms with van der Waals surface area (Å²) in [4.78, 5) is 29.3. The van der Waals surface area contributed by atoms with Crippen molar-refractivity contribution in [3.8, 4) is 5.75 Å².